The zero-order valence-electron chi connectivity index (χ0n) is 12.9. The molecule has 2 saturated heterocycles. The maximum absolute atomic E-state index is 12.7. The summed E-state index contributed by atoms with van der Waals surface area (Å²) in [4.78, 5) is 18.8. The van der Waals surface area contributed by atoms with Gasteiger partial charge in [-0.25, -0.2) is 4.98 Å². The SMILES string of the molecule is CC(C)n1cnc(C(=O)N2C[C@H](C)O[C@@]3(CCOC3)C2)c1. The molecule has 0 N–H and O–H groups in total. The Bertz CT molecular complexity index is 520. The molecule has 0 bridgehead atoms. The topological polar surface area (TPSA) is 56.6 Å². The Labute approximate surface area is 125 Å². The van der Waals surface area contributed by atoms with Gasteiger partial charge in [0.25, 0.3) is 5.91 Å². The summed E-state index contributed by atoms with van der Waals surface area (Å²) in [7, 11) is 0. The Hall–Kier alpha value is -1.40. The molecule has 0 saturated carbocycles. The first-order chi connectivity index (χ1) is 9.99. The van der Waals surface area contributed by atoms with Crippen molar-refractivity contribution in [2.75, 3.05) is 26.3 Å². The molecule has 6 heteroatoms. The van der Waals surface area contributed by atoms with Crippen LogP contribution in [0.25, 0.3) is 0 Å². The van der Waals surface area contributed by atoms with Crippen molar-refractivity contribution in [3.05, 3.63) is 18.2 Å². The fourth-order valence-corrected chi connectivity index (χ4v) is 3.08. The van der Waals surface area contributed by atoms with Crippen LogP contribution >= 0.6 is 0 Å². The standard InChI is InChI=1S/C15H23N3O3/c1-11(2)18-7-13(16-10-18)14(19)17-6-12(3)21-15(8-17)4-5-20-9-15/h7,10-12H,4-6,8-9H2,1-3H3/t12-,15-/m0/s1. The van der Waals surface area contributed by atoms with Crippen LogP contribution < -0.4 is 0 Å². The van der Waals surface area contributed by atoms with E-state index in [4.69, 9.17) is 9.47 Å². The summed E-state index contributed by atoms with van der Waals surface area (Å²) in [5.41, 5.74) is 0.181. The normalized spacial score (nSPS) is 29.5. The number of rotatable bonds is 2. The Balaban J connectivity index is 1.76. The Morgan fingerprint density at radius 1 is 1.52 bits per heavy atom. The second-order valence-electron chi connectivity index (χ2n) is 6.40. The maximum atomic E-state index is 12.7. The quantitative estimate of drug-likeness (QED) is 0.829. The summed E-state index contributed by atoms with van der Waals surface area (Å²) in [6.45, 7) is 8.61. The average molecular weight is 293 g/mol. The van der Waals surface area contributed by atoms with Crippen molar-refractivity contribution in [2.24, 2.45) is 0 Å². The number of nitrogens with zero attached hydrogens (tertiary/aromatic N) is 3. The number of amides is 1. The van der Waals surface area contributed by atoms with Crippen LogP contribution in [0.4, 0.5) is 0 Å². The number of imidazole rings is 1. The summed E-state index contributed by atoms with van der Waals surface area (Å²) < 4.78 is 13.5. The highest BCUT2D eigenvalue weighted by Gasteiger charge is 2.44. The highest BCUT2D eigenvalue weighted by molar-refractivity contribution is 5.92. The van der Waals surface area contributed by atoms with Crippen molar-refractivity contribution in [1.29, 1.82) is 0 Å². The van der Waals surface area contributed by atoms with Crippen LogP contribution in [0.1, 0.15) is 43.7 Å². The van der Waals surface area contributed by atoms with E-state index in [1.54, 1.807) is 6.33 Å². The van der Waals surface area contributed by atoms with Crippen molar-refractivity contribution >= 4 is 5.91 Å². The minimum Gasteiger partial charge on any atom is -0.378 e. The third kappa shape index (κ3) is 2.82. The van der Waals surface area contributed by atoms with Crippen molar-refractivity contribution in [2.45, 2.75) is 44.9 Å². The van der Waals surface area contributed by atoms with Gasteiger partial charge in [-0.2, -0.15) is 0 Å². The van der Waals surface area contributed by atoms with Gasteiger partial charge in [0.1, 0.15) is 11.3 Å². The number of carbonyl (C=O) groups excluding carboxylic acids is 1. The van der Waals surface area contributed by atoms with E-state index in [2.05, 4.69) is 18.8 Å². The van der Waals surface area contributed by atoms with Gasteiger partial charge >= 0.3 is 0 Å². The zero-order valence-corrected chi connectivity index (χ0v) is 12.9. The highest BCUT2D eigenvalue weighted by atomic mass is 16.6. The molecule has 21 heavy (non-hydrogen) atoms. The number of aromatic nitrogens is 2. The molecule has 2 aliphatic rings. The lowest BCUT2D eigenvalue weighted by Crippen LogP contribution is -2.57. The lowest BCUT2D eigenvalue weighted by atomic mass is 9.99. The van der Waals surface area contributed by atoms with E-state index in [1.165, 1.54) is 0 Å². The lowest BCUT2D eigenvalue weighted by molar-refractivity contribution is -0.138. The smallest absolute Gasteiger partial charge is 0.274 e. The maximum Gasteiger partial charge on any atom is 0.274 e. The van der Waals surface area contributed by atoms with E-state index in [0.717, 1.165) is 6.42 Å². The third-order valence-corrected chi connectivity index (χ3v) is 4.18. The fraction of sp³-hybridized carbons (Fsp3) is 0.733. The van der Waals surface area contributed by atoms with Crippen molar-refractivity contribution < 1.29 is 14.3 Å². The lowest BCUT2D eigenvalue weighted by Gasteiger charge is -2.42. The number of morpholine rings is 1. The largest absolute Gasteiger partial charge is 0.378 e. The molecule has 0 aromatic carbocycles. The van der Waals surface area contributed by atoms with Gasteiger partial charge in [0, 0.05) is 31.8 Å². The van der Waals surface area contributed by atoms with Gasteiger partial charge in [-0.15, -0.1) is 0 Å². The van der Waals surface area contributed by atoms with E-state index in [1.807, 2.05) is 22.6 Å². The molecule has 2 aliphatic heterocycles. The molecular weight excluding hydrogens is 270 g/mol. The van der Waals surface area contributed by atoms with Gasteiger partial charge in [-0.3, -0.25) is 4.79 Å². The van der Waals surface area contributed by atoms with Crippen molar-refractivity contribution in [1.82, 2.24) is 14.5 Å². The Morgan fingerprint density at radius 2 is 2.33 bits per heavy atom. The van der Waals surface area contributed by atoms with Gasteiger partial charge < -0.3 is 18.9 Å². The molecule has 3 rings (SSSR count). The van der Waals surface area contributed by atoms with Crippen LogP contribution in [0, 0.1) is 0 Å². The first-order valence-corrected chi connectivity index (χ1v) is 7.57. The minimum atomic E-state index is -0.325. The molecule has 2 atom stereocenters. The number of carbonyl (C=O) groups is 1. The second-order valence-corrected chi connectivity index (χ2v) is 6.40. The molecular formula is C15H23N3O3. The molecule has 2 fully saturated rings. The van der Waals surface area contributed by atoms with Crippen molar-refractivity contribution in [3.63, 3.8) is 0 Å². The predicted molar refractivity (Wildman–Crippen MR) is 77.2 cm³/mol. The Morgan fingerprint density at radius 3 is 2.95 bits per heavy atom. The monoisotopic (exact) mass is 293 g/mol. The van der Waals surface area contributed by atoms with Crippen LogP contribution in [-0.2, 0) is 9.47 Å². The zero-order chi connectivity index (χ0) is 15.0. The van der Waals surface area contributed by atoms with E-state index < -0.39 is 0 Å². The fourth-order valence-electron chi connectivity index (χ4n) is 3.08. The summed E-state index contributed by atoms with van der Waals surface area (Å²) in [5, 5.41) is 0. The summed E-state index contributed by atoms with van der Waals surface area (Å²) >= 11 is 0. The summed E-state index contributed by atoms with van der Waals surface area (Å²) in [6, 6.07) is 0.303. The predicted octanol–water partition coefficient (Wildman–Crippen LogP) is 1.48. The highest BCUT2D eigenvalue weighted by Crippen LogP contribution is 2.30. The first kappa shape index (κ1) is 14.5. The van der Waals surface area contributed by atoms with Gasteiger partial charge in [0.2, 0.25) is 0 Å². The summed E-state index contributed by atoms with van der Waals surface area (Å²) in [5.74, 6) is -0.0178. The molecule has 3 heterocycles. The van der Waals surface area contributed by atoms with E-state index in [-0.39, 0.29) is 17.6 Å². The van der Waals surface area contributed by atoms with E-state index >= 15 is 0 Å². The first-order valence-electron chi connectivity index (χ1n) is 7.57. The van der Waals surface area contributed by atoms with Crippen LogP contribution in [0.3, 0.4) is 0 Å². The molecule has 116 valence electrons. The van der Waals surface area contributed by atoms with Gasteiger partial charge in [-0.1, -0.05) is 0 Å². The van der Waals surface area contributed by atoms with Crippen LogP contribution in [-0.4, -0.2) is 58.4 Å². The number of hydrogen-bond acceptors (Lipinski definition) is 4. The van der Waals surface area contributed by atoms with Crippen LogP contribution in [0.2, 0.25) is 0 Å². The Kier molecular flexibility index (Phi) is 3.75. The molecule has 1 aromatic rings. The van der Waals surface area contributed by atoms with Crippen molar-refractivity contribution in [3.8, 4) is 0 Å². The number of ether oxygens (including phenoxy) is 2. The average Bonchev–Trinajstić information content (AvgIpc) is 3.06. The summed E-state index contributed by atoms with van der Waals surface area (Å²) in [6.07, 6.45) is 4.42. The molecule has 1 amide bonds. The van der Waals surface area contributed by atoms with Crippen LogP contribution in [0.5, 0.6) is 0 Å². The molecule has 1 aromatic heterocycles. The van der Waals surface area contributed by atoms with E-state index in [0.29, 0.717) is 38.0 Å². The minimum absolute atomic E-state index is 0.0178. The van der Waals surface area contributed by atoms with Gasteiger partial charge in [0.15, 0.2) is 0 Å². The molecule has 0 unspecified atom stereocenters. The van der Waals surface area contributed by atoms with Crippen LogP contribution in [0.15, 0.2) is 12.5 Å². The molecule has 0 aliphatic carbocycles. The third-order valence-electron chi connectivity index (χ3n) is 4.18. The number of hydrogen-bond donors (Lipinski definition) is 0. The molecule has 6 nitrogen and oxygen atoms in total. The van der Waals surface area contributed by atoms with E-state index in [9.17, 15) is 4.79 Å². The molecule has 0 radical (unpaired) electrons. The molecule has 1 spiro atoms. The van der Waals surface area contributed by atoms with Gasteiger partial charge in [0.05, 0.1) is 25.6 Å². The second kappa shape index (κ2) is 5.42. The van der Waals surface area contributed by atoms with Gasteiger partial charge in [-0.05, 0) is 20.8 Å².